The van der Waals surface area contributed by atoms with Crippen molar-refractivity contribution in [3.8, 4) is 5.75 Å². The molecule has 1 aliphatic rings. The fourth-order valence-electron chi connectivity index (χ4n) is 1.99. The molecule has 3 heteroatoms. The third-order valence-electron chi connectivity index (χ3n) is 3.01. The quantitative estimate of drug-likeness (QED) is 0.855. The topological polar surface area (TPSA) is 35.2 Å². The van der Waals surface area contributed by atoms with E-state index in [-0.39, 0.29) is 5.60 Å². The zero-order chi connectivity index (χ0) is 10.7. The van der Waals surface area contributed by atoms with Crippen LogP contribution < -0.4 is 10.5 Å². The third-order valence-corrected chi connectivity index (χ3v) is 3.26. The van der Waals surface area contributed by atoms with Gasteiger partial charge in [-0.15, -0.1) is 0 Å². The van der Waals surface area contributed by atoms with E-state index >= 15 is 0 Å². The number of nitrogens with two attached hydrogens (primary N) is 1. The lowest BCUT2D eigenvalue weighted by Gasteiger charge is -2.41. The average Bonchev–Trinajstić information content (AvgIpc) is 2.18. The van der Waals surface area contributed by atoms with Gasteiger partial charge >= 0.3 is 0 Å². The monoisotopic (exact) mass is 225 g/mol. The van der Waals surface area contributed by atoms with Crippen molar-refractivity contribution in [2.75, 3.05) is 6.54 Å². The predicted molar refractivity (Wildman–Crippen MR) is 62.3 cm³/mol. The summed E-state index contributed by atoms with van der Waals surface area (Å²) in [5, 5.41) is 0.740. The van der Waals surface area contributed by atoms with E-state index in [9.17, 15) is 0 Å². The Bertz CT molecular complexity index is 319. The SMILES string of the molecule is NCCC1(Oc2ccc(Cl)cc2)CCC1. The molecule has 1 fully saturated rings. The van der Waals surface area contributed by atoms with Crippen LogP contribution in [0.25, 0.3) is 0 Å². The summed E-state index contributed by atoms with van der Waals surface area (Å²) in [4.78, 5) is 0. The molecule has 1 aromatic rings. The lowest BCUT2D eigenvalue weighted by atomic mass is 9.77. The number of halogens is 1. The first-order valence-electron chi connectivity index (χ1n) is 5.39. The Morgan fingerprint density at radius 1 is 1.27 bits per heavy atom. The van der Waals surface area contributed by atoms with Gasteiger partial charge < -0.3 is 10.5 Å². The van der Waals surface area contributed by atoms with Gasteiger partial charge in [-0.05, 0) is 56.5 Å². The molecule has 1 aliphatic carbocycles. The Morgan fingerprint density at radius 3 is 2.40 bits per heavy atom. The zero-order valence-corrected chi connectivity index (χ0v) is 9.46. The predicted octanol–water partition coefficient (Wildman–Crippen LogP) is 2.99. The van der Waals surface area contributed by atoms with Gasteiger partial charge in [0.2, 0.25) is 0 Å². The van der Waals surface area contributed by atoms with Crippen LogP contribution in [0.4, 0.5) is 0 Å². The summed E-state index contributed by atoms with van der Waals surface area (Å²) in [7, 11) is 0. The Hall–Kier alpha value is -0.730. The Balaban J connectivity index is 2.03. The van der Waals surface area contributed by atoms with Crippen LogP contribution in [0.5, 0.6) is 5.75 Å². The van der Waals surface area contributed by atoms with E-state index in [1.807, 2.05) is 24.3 Å². The molecule has 0 aromatic heterocycles. The molecular weight excluding hydrogens is 210 g/mol. The summed E-state index contributed by atoms with van der Waals surface area (Å²) in [5.74, 6) is 0.896. The highest BCUT2D eigenvalue weighted by Gasteiger charge is 2.38. The molecule has 0 amide bonds. The van der Waals surface area contributed by atoms with Crippen molar-refractivity contribution in [2.45, 2.75) is 31.3 Å². The van der Waals surface area contributed by atoms with Gasteiger partial charge in [0.05, 0.1) is 0 Å². The molecule has 2 nitrogen and oxygen atoms in total. The van der Waals surface area contributed by atoms with E-state index in [4.69, 9.17) is 22.1 Å². The number of benzene rings is 1. The highest BCUT2D eigenvalue weighted by Crippen LogP contribution is 2.39. The lowest BCUT2D eigenvalue weighted by molar-refractivity contribution is -0.0124. The van der Waals surface area contributed by atoms with Crippen molar-refractivity contribution in [1.29, 1.82) is 0 Å². The van der Waals surface area contributed by atoms with Gasteiger partial charge in [0, 0.05) is 5.02 Å². The number of ether oxygens (including phenoxy) is 1. The summed E-state index contributed by atoms with van der Waals surface area (Å²) < 4.78 is 5.99. The zero-order valence-electron chi connectivity index (χ0n) is 8.71. The first-order valence-corrected chi connectivity index (χ1v) is 5.77. The molecule has 15 heavy (non-hydrogen) atoms. The minimum Gasteiger partial charge on any atom is -0.487 e. The molecule has 2 N–H and O–H groups in total. The van der Waals surface area contributed by atoms with Crippen molar-refractivity contribution < 1.29 is 4.74 Å². The molecular formula is C12H16ClNO. The van der Waals surface area contributed by atoms with Crippen LogP contribution in [0.1, 0.15) is 25.7 Å². The standard InChI is InChI=1S/C12H16ClNO/c13-10-2-4-11(5-3-10)15-12(8-9-14)6-1-7-12/h2-5H,1,6-9,14H2. The molecule has 0 heterocycles. The molecule has 0 aliphatic heterocycles. The summed E-state index contributed by atoms with van der Waals surface area (Å²) in [6, 6.07) is 7.54. The van der Waals surface area contributed by atoms with Crippen LogP contribution in [-0.2, 0) is 0 Å². The largest absolute Gasteiger partial charge is 0.487 e. The summed E-state index contributed by atoms with van der Waals surface area (Å²) >= 11 is 5.82. The second kappa shape index (κ2) is 4.42. The minimum atomic E-state index is 0.00256. The van der Waals surface area contributed by atoms with Crippen LogP contribution in [-0.4, -0.2) is 12.1 Å². The summed E-state index contributed by atoms with van der Waals surface area (Å²) in [6.45, 7) is 0.688. The molecule has 2 rings (SSSR count). The van der Waals surface area contributed by atoms with Gasteiger partial charge in [-0.1, -0.05) is 11.6 Å². The Morgan fingerprint density at radius 2 is 1.93 bits per heavy atom. The van der Waals surface area contributed by atoms with Crippen molar-refractivity contribution in [3.63, 3.8) is 0 Å². The number of hydrogen-bond donors (Lipinski definition) is 1. The van der Waals surface area contributed by atoms with Crippen molar-refractivity contribution in [3.05, 3.63) is 29.3 Å². The van der Waals surface area contributed by atoms with Gasteiger partial charge in [-0.3, -0.25) is 0 Å². The fourth-order valence-corrected chi connectivity index (χ4v) is 2.12. The smallest absolute Gasteiger partial charge is 0.120 e. The number of hydrogen-bond acceptors (Lipinski definition) is 2. The van der Waals surface area contributed by atoms with Gasteiger partial charge in [0.1, 0.15) is 11.4 Å². The Kier molecular flexibility index (Phi) is 3.17. The van der Waals surface area contributed by atoms with E-state index in [1.54, 1.807) is 0 Å². The molecule has 0 saturated heterocycles. The van der Waals surface area contributed by atoms with Crippen LogP contribution in [0.2, 0.25) is 5.02 Å². The highest BCUT2D eigenvalue weighted by atomic mass is 35.5. The van der Waals surface area contributed by atoms with E-state index in [0.717, 1.165) is 30.0 Å². The molecule has 0 atom stereocenters. The molecule has 0 bridgehead atoms. The molecule has 82 valence electrons. The molecule has 0 radical (unpaired) electrons. The van der Waals surface area contributed by atoms with Crippen LogP contribution in [0.3, 0.4) is 0 Å². The third kappa shape index (κ3) is 2.44. The molecule has 1 aromatic carbocycles. The van der Waals surface area contributed by atoms with Crippen molar-refractivity contribution in [1.82, 2.24) is 0 Å². The minimum absolute atomic E-state index is 0.00256. The summed E-state index contributed by atoms with van der Waals surface area (Å²) in [6.07, 6.45) is 4.42. The first kappa shape index (κ1) is 10.8. The number of rotatable bonds is 4. The average molecular weight is 226 g/mol. The van der Waals surface area contributed by atoms with Crippen LogP contribution >= 0.6 is 11.6 Å². The summed E-state index contributed by atoms with van der Waals surface area (Å²) in [5.41, 5.74) is 5.60. The maximum Gasteiger partial charge on any atom is 0.120 e. The molecule has 0 unspecified atom stereocenters. The fraction of sp³-hybridized carbons (Fsp3) is 0.500. The van der Waals surface area contributed by atoms with E-state index in [0.29, 0.717) is 6.54 Å². The Labute approximate surface area is 95.4 Å². The second-order valence-electron chi connectivity index (χ2n) is 4.13. The van der Waals surface area contributed by atoms with Gasteiger partial charge in [-0.25, -0.2) is 0 Å². The van der Waals surface area contributed by atoms with Crippen LogP contribution in [0.15, 0.2) is 24.3 Å². The first-order chi connectivity index (χ1) is 7.24. The maximum absolute atomic E-state index is 5.99. The second-order valence-corrected chi connectivity index (χ2v) is 4.57. The van der Waals surface area contributed by atoms with E-state index in [2.05, 4.69) is 0 Å². The molecule has 0 spiro atoms. The van der Waals surface area contributed by atoms with Gasteiger partial charge in [0.25, 0.3) is 0 Å². The lowest BCUT2D eigenvalue weighted by Crippen LogP contribution is -2.44. The normalized spacial score (nSPS) is 18.3. The van der Waals surface area contributed by atoms with Gasteiger partial charge in [0.15, 0.2) is 0 Å². The van der Waals surface area contributed by atoms with Crippen LogP contribution in [0, 0.1) is 0 Å². The van der Waals surface area contributed by atoms with Crippen molar-refractivity contribution >= 4 is 11.6 Å². The van der Waals surface area contributed by atoms with Gasteiger partial charge in [-0.2, -0.15) is 0 Å². The van der Waals surface area contributed by atoms with E-state index in [1.165, 1.54) is 6.42 Å². The highest BCUT2D eigenvalue weighted by molar-refractivity contribution is 6.30. The van der Waals surface area contributed by atoms with Crippen molar-refractivity contribution in [2.24, 2.45) is 5.73 Å². The molecule has 1 saturated carbocycles. The maximum atomic E-state index is 5.99. The van der Waals surface area contributed by atoms with E-state index < -0.39 is 0 Å².